The minimum atomic E-state index is -0.458. The molecular weight excluding hydrogens is 424 g/mol. The van der Waals surface area contributed by atoms with Gasteiger partial charge in [-0.3, -0.25) is 4.57 Å². The van der Waals surface area contributed by atoms with Crippen LogP contribution in [0.1, 0.15) is 49.8 Å². The molecule has 3 unspecified atom stereocenters. The van der Waals surface area contributed by atoms with Gasteiger partial charge >= 0.3 is 0 Å². The molecule has 7 heteroatoms. The number of benzene rings is 2. The second kappa shape index (κ2) is 10.1. The van der Waals surface area contributed by atoms with Gasteiger partial charge in [-0.05, 0) is 74.0 Å². The fraction of sp³-hybridized carbons (Fsp3) is 0.407. The van der Waals surface area contributed by atoms with Crippen LogP contribution < -0.4 is 10.6 Å². The predicted molar refractivity (Wildman–Crippen MR) is 135 cm³/mol. The van der Waals surface area contributed by atoms with Crippen LogP contribution in [0.5, 0.6) is 0 Å². The van der Waals surface area contributed by atoms with Crippen LogP contribution in [0.25, 0.3) is 16.6 Å². The van der Waals surface area contributed by atoms with Crippen LogP contribution >= 0.6 is 0 Å². The first-order chi connectivity index (χ1) is 16.6. The van der Waals surface area contributed by atoms with E-state index in [4.69, 9.17) is 0 Å². The molecule has 0 aliphatic carbocycles. The number of piperidine rings is 1. The number of rotatable bonds is 8. The number of aliphatic hydroxyl groups excluding tert-OH is 1. The second-order valence-corrected chi connectivity index (χ2v) is 9.63. The van der Waals surface area contributed by atoms with Gasteiger partial charge in [-0.25, -0.2) is 0 Å². The molecule has 0 amide bonds. The van der Waals surface area contributed by atoms with Gasteiger partial charge in [0.2, 0.25) is 0 Å². The molecule has 178 valence electrons. The molecule has 0 saturated carbocycles. The number of H-pyrrole nitrogens is 1. The van der Waals surface area contributed by atoms with E-state index in [2.05, 4.69) is 69.3 Å². The zero-order valence-corrected chi connectivity index (χ0v) is 19.9. The van der Waals surface area contributed by atoms with E-state index < -0.39 is 6.10 Å². The lowest BCUT2D eigenvalue weighted by atomic mass is 9.82. The Labute approximate surface area is 200 Å². The average Bonchev–Trinajstić information content (AvgIpc) is 3.53. The van der Waals surface area contributed by atoms with Gasteiger partial charge in [-0.15, -0.1) is 10.2 Å². The maximum Gasteiger partial charge on any atom is 0.123 e. The molecule has 1 aliphatic heterocycles. The van der Waals surface area contributed by atoms with Crippen LogP contribution in [0.15, 0.2) is 67.4 Å². The van der Waals surface area contributed by atoms with E-state index in [1.165, 1.54) is 10.9 Å². The van der Waals surface area contributed by atoms with E-state index in [0.29, 0.717) is 17.9 Å². The highest BCUT2D eigenvalue weighted by Gasteiger charge is 2.30. The summed E-state index contributed by atoms with van der Waals surface area (Å²) in [6, 6.07) is 17.0. The van der Waals surface area contributed by atoms with Crippen LogP contribution in [0.4, 0.5) is 0 Å². The fourth-order valence-corrected chi connectivity index (χ4v) is 5.41. The van der Waals surface area contributed by atoms with Crippen molar-refractivity contribution in [3.05, 3.63) is 78.5 Å². The second-order valence-electron chi connectivity index (χ2n) is 9.63. The smallest absolute Gasteiger partial charge is 0.123 e. The molecule has 5 rings (SSSR count). The first kappa shape index (κ1) is 22.8. The van der Waals surface area contributed by atoms with Crippen LogP contribution in [0, 0.1) is 5.92 Å². The summed E-state index contributed by atoms with van der Waals surface area (Å²) in [4.78, 5) is 3.45. The predicted octanol–water partition coefficient (Wildman–Crippen LogP) is 3.93. The summed E-state index contributed by atoms with van der Waals surface area (Å²) < 4.78 is 1.94. The Hall–Kier alpha value is -3.00. The zero-order valence-electron chi connectivity index (χ0n) is 19.9. The summed E-state index contributed by atoms with van der Waals surface area (Å²) in [5.74, 6) is 0.862. The zero-order chi connectivity index (χ0) is 23.5. The average molecular weight is 459 g/mol. The van der Waals surface area contributed by atoms with Crippen LogP contribution in [0.2, 0.25) is 0 Å². The first-order valence-electron chi connectivity index (χ1n) is 12.3. The summed E-state index contributed by atoms with van der Waals surface area (Å²) in [6.45, 7) is 6.18. The van der Waals surface area contributed by atoms with E-state index in [1.54, 1.807) is 12.7 Å². The SMILES string of the molecule is CC(O)[C@H](NC1CCNCC1C[C@@H](C)c1c[nH]c2ccc(-n3cnnc3)cc12)c1ccccc1. The molecule has 7 nitrogen and oxygen atoms in total. The van der Waals surface area contributed by atoms with Crippen molar-refractivity contribution < 1.29 is 5.11 Å². The Morgan fingerprint density at radius 3 is 2.68 bits per heavy atom. The van der Waals surface area contributed by atoms with Gasteiger partial charge in [0, 0.05) is 28.8 Å². The third-order valence-corrected chi connectivity index (χ3v) is 7.24. The quantitative estimate of drug-likeness (QED) is 0.321. The van der Waals surface area contributed by atoms with Crippen molar-refractivity contribution in [2.75, 3.05) is 13.1 Å². The van der Waals surface area contributed by atoms with E-state index in [-0.39, 0.29) is 6.04 Å². The third kappa shape index (κ3) is 4.78. The lowest BCUT2D eigenvalue weighted by Gasteiger charge is -2.38. The van der Waals surface area contributed by atoms with Gasteiger partial charge < -0.3 is 20.7 Å². The van der Waals surface area contributed by atoms with Gasteiger partial charge in [-0.2, -0.15) is 0 Å². The Kier molecular flexibility index (Phi) is 6.76. The number of hydrogen-bond donors (Lipinski definition) is 4. The Bertz CT molecular complexity index is 1190. The van der Waals surface area contributed by atoms with Crippen molar-refractivity contribution >= 4 is 10.9 Å². The molecule has 0 spiro atoms. The number of aromatic nitrogens is 4. The highest BCUT2D eigenvalue weighted by Crippen LogP contribution is 2.33. The summed E-state index contributed by atoms with van der Waals surface area (Å²) in [5.41, 5.74) is 4.69. The van der Waals surface area contributed by atoms with Gasteiger partial charge in [0.25, 0.3) is 0 Å². The van der Waals surface area contributed by atoms with Crippen molar-refractivity contribution in [2.45, 2.75) is 50.8 Å². The molecule has 1 aliphatic rings. The summed E-state index contributed by atoms with van der Waals surface area (Å²) >= 11 is 0. The van der Waals surface area contributed by atoms with Gasteiger partial charge in [0.15, 0.2) is 0 Å². The number of fused-ring (bicyclic) bond motifs is 1. The molecule has 1 saturated heterocycles. The monoisotopic (exact) mass is 458 g/mol. The molecule has 2 aromatic heterocycles. The van der Waals surface area contributed by atoms with E-state index in [1.807, 2.05) is 29.7 Å². The molecule has 0 radical (unpaired) electrons. The van der Waals surface area contributed by atoms with Gasteiger partial charge in [-0.1, -0.05) is 37.3 Å². The Morgan fingerprint density at radius 2 is 1.91 bits per heavy atom. The Morgan fingerprint density at radius 1 is 1.12 bits per heavy atom. The molecule has 5 atom stereocenters. The molecule has 4 aromatic rings. The summed E-state index contributed by atoms with van der Waals surface area (Å²) in [6.07, 6.45) is 7.28. The molecule has 3 heterocycles. The fourth-order valence-electron chi connectivity index (χ4n) is 5.41. The Balaban J connectivity index is 1.35. The minimum Gasteiger partial charge on any atom is -0.391 e. The lowest BCUT2D eigenvalue weighted by Crippen LogP contribution is -2.50. The number of aliphatic hydroxyl groups is 1. The standard InChI is InChI=1S/C27H34N6O/c1-18(24-15-29-26-9-8-22(13-23(24)26)33-16-30-31-17-33)12-21-14-28-11-10-25(21)32-27(19(2)34)20-6-4-3-5-7-20/h3-9,13,15-19,21,25,27-29,32,34H,10-12,14H2,1-2H3/t18-,19?,21?,25?,27+/m1/s1. The topological polar surface area (TPSA) is 90.8 Å². The van der Waals surface area contributed by atoms with Crippen molar-refractivity contribution in [2.24, 2.45) is 5.92 Å². The van der Waals surface area contributed by atoms with E-state index in [9.17, 15) is 5.11 Å². The van der Waals surface area contributed by atoms with Gasteiger partial charge in [0.1, 0.15) is 12.7 Å². The molecule has 2 aromatic carbocycles. The van der Waals surface area contributed by atoms with Crippen LogP contribution in [0.3, 0.4) is 0 Å². The molecule has 34 heavy (non-hydrogen) atoms. The molecule has 1 fully saturated rings. The van der Waals surface area contributed by atoms with Crippen LogP contribution in [-0.2, 0) is 0 Å². The summed E-state index contributed by atoms with van der Waals surface area (Å²) in [7, 11) is 0. The number of nitrogens with zero attached hydrogens (tertiary/aromatic N) is 3. The highest BCUT2D eigenvalue weighted by molar-refractivity contribution is 5.85. The molecular formula is C27H34N6O. The summed E-state index contributed by atoms with van der Waals surface area (Å²) in [5, 5.41) is 27.1. The van der Waals surface area contributed by atoms with E-state index >= 15 is 0 Å². The van der Waals surface area contributed by atoms with Gasteiger partial charge in [0.05, 0.1) is 12.1 Å². The number of nitrogens with one attached hydrogen (secondary N) is 3. The number of hydrogen-bond acceptors (Lipinski definition) is 5. The molecule has 0 bridgehead atoms. The molecule has 4 N–H and O–H groups in total. The van der Waals surface area contributed by atoms with E-state index in [0.717, 1.165) is 42.7 Å². The normalized spacial score (nSPS) is 21.4. The van der Waals surface area contributed by atoms with Crippen LogP contribution in [-0.4, -0.2) is 50.1 Å². The maximum atomic E-state index is 10.5. The first-order valence-corrected chi connectivity index (χ1v) is 12.3. The third-order valence-electron chi connectivity index (χ3n) is 7.24. The lowest BCUT2D eigenvalue weighted by molar-refractivity contribution is 0.121. The van der Waals surface area contributed by atoms with Crippen molar-refractivity contribution in [1.82, 2.24) is 30.4 Å². The highest BCUT2D eigenvalue weighted by atomic mass is 16.3. The maximum absolute atomic E-state index is 10.5. The largest absolute Gasteiger partial charge is 0.391 e. The number of aromatic amines is 1. The van der Waals surface area contributed by atoms with Crippen molar-refractivity contribution in [3.8, 4) is 5.69 Å². The van der Waals surface area contributed by atoms with Crippen molar-refractivity contribution in [3.63, 3.8) is 0 Å². The van der Waals surface area contributed by atoms with Crippen molar-refractivity contribution in [1.29, 1.82) is 0 Å². The minimum absolute atomic E-state index is 0.0680.